The zero-order valence-corrected chi connectivity index (χ0v) is 12.0. The first-order chi connectivity index (χ1) is 10.3. The van der Waals surface area contributed by atoms with E-state index in [0.29, 0.717) is 17.9 Å². The van der Waals surface area contributed by atoms with E-state index in [1.54, 1.807) is 0 Å². The molecule has 3 nitrogen and oxygen atoms in total. The fourth-order valence-corrected chi connectivity index (χ4v) is 2.21. The number of carbonyl (C=O) groups is 1. The van der Waals surface area contributed by atoms with Gasteiger partial charge >= 0.3 is 0 Å². The van der Waals surface area contributed by atoms with E-state index < -0.39 is 5.25 Å². The van der Waals surface area contributed by atoms with Crippen LogP contribution in [0.2, 0.25) is 0 Å². The highest BCUT2D eigenvalue weighted by Gasteiger charge is 2.20. The second kappa shape index (κ2) is 5.97. The Bertz CT molecular complexity index is 681. The summed E-state index contributed by atoms with van der Waals surface area (Å²) in [5.74, 6) is 0.962. The lowest BCUT2D eigenvalue weighted by molar-refractivity contribution is -0.107. The van der Waals surface area contributed by atoms with E-state index in [-0.39, 0.29) is 0 Å². The predicted molar refractivity (Wildman–Crippen MR) is 85.2 cm³/mol. The summed E-state index contributed by atoms with van der Waals surface area (Å²) >= 11 is 4.18. The van der Waals surface area contributed by atoms with Gasteiger partial charge in [-0.3, -0.25) is 0 Å². The van der Waals surface area contributed by atoms with Crippen molar-refractivity contribution in [3.05, 3.63) is 66.6 Å². The van der Waals surface area contributed by atoms with Crippen LogP contribution in [0.25, 0.3) is 22.6 Å². The van der Waals surface area contributed by atoms with Crippen LogP contribution in [0.1, 0.15) is 11.1 Å². The SMILES string of the molecule is O=CC(S)c1nc(-c2ccccc2)c(-c2ccccc2)o1. The number of benzene rings is 2. The Balaban J connectivity index is 2.17. The Morgan fingerprint density at radius 3 is 2.10 bits per heavy atom. The van der Waals surface area contributed by atoms with Crippen molar-refractivity contribution in [2.75, 3.05) is 0 Å². The first-order valence-electron chi connectivity index (χ1n) is 6.54. The van der Waals surface area contributed by atoms with Gasteiger partial charge in [-0.2, -0.15) is 12.6 Å². The van der Waals surface area contributed by atoms with Crippen LogP contribution in [0.4, 0.5) is 0 Å². The van der Waals surface area contributed by atoms with Crippen LogP contribution in [0.15, 0.2) is 65.1 Å². The summed E-state index contributed by atoms with van der Waals surface area (Å²) in [6.07, 6.45) is 0.707. The maximum Gasteiger partial charge on any atom is 0.215 e. The Hall–Kier alpha value is -2.33. The van der Waals surface area contributed by atoms with Gasteiger partial charge in [0, 0.05) is 11.1 Å². The molecule has 3 rings (SSSR count). The minimum Gasteiger partial charge on any atom is -0.438 e. The minimum atomic E-state index is -0.662. The van der Waals surface area contributed by atoms with Crippen LogP contribution < -0.4 is 0 Å². The topological polar surface area (TPSA) is 43.1 Å². The molecule has 0 spiro atoms. The molecule has 1 heterocycles. The second-order valence-electron chi connectivity index (χ2n) is 4.54. The zero-order chi connectivity index (χ0) is 14.7. The summed E-state index contributed by atoms with van der Waals surface area (Å²) in [6.45, 7) is 0. The number of hydrogen-bond donors (Lipinski definition) is 1. The fraction of sp³-hybridized carbons (Fsp3) is 0.0588. The molecule has 0 aliphatic rings. The average Bonchev–Trinajstić information content (AvgIpc) is 3.01. The van der Waals surface area contributed by atoms with Crippen molar-refractivity contribution in [1.82, 2.24) is 4.98 Å². The number of aromatic nitrogens is 1. The standard InChI is InChI=1S/C17H13NO2S/c19-11-14(21)17-18-15(12-7-3-1-4-8-12)16(20-17)13-9-5-2-6-10-13/h1-11,14,21H. The summed E-state index contributed by atoms with van der Waals surface area (Å²) in [4.78, 5) is 15.4. The van der Waals surface area contributed by atoms with Gasteiger partial charge in [-0.05, 0) is 0 Å². The van der Waals surface area contributed by atoms with Crippen molar-refractivity contribution >= 4 is 18.9 Å². The zero-order valence-electron chi connectivity index (χ0n) is 11.1. The number of rotatable bonds is 4. The van der Waals surface area contributed by atoms with E-state index in [1.165, 1.54) is 0 Å². The van der Waals surface area contributed by atoms with Crippen molar-refractivity contribution in [3.8, 4) is 22.6 Å². The van der Waals surface area contributed by atoms with Gasteiger partial charge in [0.05, 0.1) is 0 Å². The number of hydrogen-bond acceptors (Lipinski definition) is 4. The third-order valence-corrected chi connectivity index (χ3v) is 3.45. The van der Waals surface area contributed by atoms with E-state index in [9.17, 15) is 4.79 Å². The van der Waals surface area contributed by atoms with Crippen LogP contribution in [-0.2, 0) is 4.79 Å². The molecule has 1 atom stereocenters. The van der Waals surface area contributed by atoms with E-state index in [0.717, 1.165) is 16.8 Å². The van der Waals surface area contributed by atoms with Crippen molar-refractivity contribution in [2.24, 2.45) is 0 Å². The molecule has 0 radical (unpaired) electrons. The summed E-state index contributed by atoms with van der Waals surface area (Å²) in [7, 11) is 0. The van der Waals surface area contributed by atoms with E-state index >= 15 is 0 Å². The molecule has 3 aromatic rings. The quantitative estimate of drug-likeness (QED) is 0.580. The number of oxazole rings is 1. The van der Waals surface area contributed by atoms with Gasteiger partial charge in [0.15, 0.2) is 5.76 Å². The number of carbonyl (C=O) groups excluding carboxylic acids is 1. The Labute approximate surface area is 128 Å². The van der Waals surface area contributed by atoms with Crippen molar-refractivity contribution < 1.29 is 9.21 Å². The van der Waals surface area contributed by atoms with Crippen LogP contribution in [-0.4, -0.2) is 11.3 Å². The molecule has 1 unspecified atom stereocenters. The highest BCUT2D eigenvalue weighted by molar-refractivity contribution is 7.81. The van der Waals surface area contributed by atoms with Gasteiger partial charge in [-0.25, -0.2) is 4.98 Å². The molecule has 21 heavy (non-hydrogen) atoms. The molecular formula is C17H13NO2S. The highest BCUT2D eigenvalue weighted by Crippen LogP contribution is 2.34. The first-order valence-corrected chi connectivity index (χ1v) is 7.06. The van der Waals surface area contributed by atoms with Crippen molar-refractivity contribution in [1.29, 1.82) is 0 Å². The lowest BCUT2D eigenvalue weighted by Crippen LogP contribution is -1.91. The van der Waals surface area contributed by atoms with Crippen molar-refractivity contribution in [2.45, 2.75) is 5.25 Å². The molecule has 1 aromatic heterocycles. The molecule has 0 aliphatic carbocycles. The fourth-order valence-electron chi connectivity index (χ4n) is 2.10. The smallest absolute Gasteiger partial charge is 0.215 e. The molecule has 0 bridgehead atoms. The molecule has 0 aliphatic heterocycles. The maximum absolute atomic E-state index is 10.9. The Kier molecular flexibility index (Phi) is 3.88. The van der Waals surface area contributed by atoms with Gasteiger partial charge < -0.3 is 9.21 Å². The number of nitrogens with zero attached hydrogens (tertiary/aromatic N) is 1. The van der Waals surface area contributed by atoms with Crippen molar-refractivity contribution in [3.63, 3.8) is 0 Å². The molecule has 0 saturated heterocycles. The molecule has 2 aromatic carbocycles. The number of thiol groups is 1. The second-order valence-corrected chi connectivity index (χ2v) is 5.10. The van der Waals surface area contributed by atoms with Gasteiger partial charge in [-0.15, -0.1) is 0 Å². The largest absolute Gasteiger partial charge is 0.438 e. The molecule has 4 heteroatoms. The third-order valence-electron chi connectivity index (χ3n) is 3.11. The summed E-state index contributed by atoms with van der Waals surface area (Å²) in [5, 5.41) is -0.662. The van der Waals surface area contributed by atoms with Crippen LogP contribution in [0, 0.1) is 0 Å². The van der Waals surface area contributed by atoms with Gasteiger partial charge in [0.2, 0.25) is 5.89 Å². The molecule has 0 saturated carbocycles. The molecular weight excluding hydrogens is 282 g/mol. The van der Waals surface area contributed by atoms with Gasteiger partial charge in [0.25, 0.3) is 0 Å². The van der Waals surface area contributed by atoms with E-state index in [4.69, 9.17) is 4.42 Å². The monoisotopic (exact) mass is 295 g/mol. The number of aldehydes is 1. The summed E-state index contributed by atoms with van der Waals surface area (Å²) < 4.78 is 5.79. The van der Waals surface area contributed by atoms with Crippen LogP contribution in [0.5, 0.6) is 0 Å². The lowest BCUT2D eigenvalue weighted by Gasteiger charge is -2.00. The average molecular weight is 295 g/mol. The first kappa shape index (κ1) is 13.6. The third kappa shape index (κ3) is 2.76. The Morgan fingerprint density at radius 1 is 0.952 bits per heavy atom. The summed E-state index contributed by atoms with van der Waals surface area (Å²) in [5.41, 5.74) is 2.58. The maximum atomic E-state index is 10.9. The van der Waals surface area contributed by atoms with E-state index in [1.807, 2.05) is 60.7 Å². The molecule has 0 amide bonds. The predicted octanol–water partition coefficient (Wildman–Crippen LogP) is 4.18. The van der Waals surface area contributed by atoms with Crippen LogP contribution in [0.3, 0.4) is 0 Å². The molecule has 0 fully saturated rings. The Morgan fingerprint density at radius 2 is 1.52 bits per heavy atom. The van der Waals surface area contributed by atoms with Crippen LogP contribution >= 0.6 is 12.6 Å². The minimum absolute atomic E-state index is 0.311. The van der Waals surface area contributed by atoms with Gasteiger partial charge in [-0.1, -0.05) is 60.7 Å². The van der Waals surface area contributed by atoms with Gasteiger partial charge in [0.1, 0.15) is 17.2 Å². The molecule has 104 valence electrons. The summed E-state index contributed by atoms with van der Waals surface area (Å²) in [6, 6.07) is 19.5. The van der Waals surface area contributed by atoms with E-state index in [2.05, 4.69) is 17.6 Å². The molecule has 0 N–H and O–H groups in total. The lowest BCUT2D eigenvalue weighted by atomic mass is 10.1. The normalized spacial score (nSPS) is 12.0. The highest BCUT2D eigenvalue weighted by atomic mass is 32.1.